The van der Waals surface area contributed by atoms with E-state index < -0.39 is 0 Å². The largest absolute Gasteiger partial charge is 0.380 e. The summed E-state index contributed by atoms with van der Waals surface area (Å²) in [7, 11) is 0. The average Bonchev–Trinajstić information content (AvgIpc) is 2.88. The van der Waals surface area contributed by atoms with Gasteiger partial charge in [0, 0.05) is 31.5 Å². The normalized spacial score (nSPS) is 11.1. The summed E-state index contributed by atoms with van der Waals surface area (Å²) >= 11 is 1.70. The summed E-state index contributed by atoms with van der Waals surface area (Å²) in [5.41, 5.74) is 1.14. The van der Waals surface area contributed by atoms with Gasteiger partial charge in [0.25, 0.3) is 0 Å². The van der Waals surface area contributed by atoms with Crippen molar-refractivity contribution in [2.24, 2.45) is 4.99 Å². The van der Waals surface area contributed by atoms with Crippen LogP contribution in [0.5, 0.6) is 0 Å². The quantitative estimate of drug-likeness (QED) is 0.254. The summed E-state index contributed by atoms with van der Waals surface area (Å²) in [6, 6.07) is 0. The monoisotopic (exact) mass is 440 g/mol. The second-order valence-electron chi connectivity index (χ2n) is 4.76. The number of aryl methyl sites for hydroxylation is 1. The summed E-state index contributed by atoms with van der Waals surface area (Å²) in [5.74, 6) is 0.851. The lowest BCUT2D eigenvalue weighted by atomic mass is 10.3. The molecule has 7 heteroatoms. The standard InChI is InChI=1S/C15H28N4OS.HI/c1-4-6-10-20-11-9-18-15(16-5-2)17-8-7-14-12-21-13(3)19-14;/h12H,4-11H2,1-3H3,(H2,16,17,18);1H. The first-order valence-corrected chi connectivity index (χ1v) is 8.65. The Labute approximate surface area is 155 Å². The molecule has 5 nitrogen and oxygen atoms in total. The van der Waals surface area contributed by atoms with Gasteiger partial charge in [-0.3, -0.25) is 4.99 Å². The highest BCUT2D eigenvalue weighted by Gasteiger charge is 2.00. The van der Waals surface area contributed by atoms with Crippen LogP contribution in [0.3, 0.4) is 0 Å². The Morgan fingerprint density at radius 1 is 1.32 bits per heavy atom. The lowest BCUT2D eigenvalue weighted by Gasteiger charge is -2.10. The molecule has 1 aromatic rings. The molecule has 22 heavy (non-hydrogen) atoms. The van der Waals surface area contributed by atoms with Gasteiger partial charge >= 0.3 is 0 Å². The number of aromatic nitrogens is 1. The molecule has 1 aromatic heterocycles. The minimum atomic E-state index is 0. The van der Waals surface area contributed by atoms with E-state index in [4.69, 9.17) is 4.74 Å². The van der Waals surface area contributed by atoms with Crippen molar-refractivity contribution in [1.29, 1.82) is 0 Å². The van der Waals surface area contributed by atoms with Gasteiger partial charge in [-0.05, 0) is 20.3 Å². The fourth-order valence-corrected chi connectivity index (χ4v) is 2.39. The molecule has 0 aliphatic heterocycles. The Bertz CT molecular complexity index is 412. The Kier molecular flexibility index (Phi) is 13.9. The molecule has 2 N–H and O–H groups in total. The second kappa shape index (κ2) is 14.2. The van der Waals surface area contributed by atoms with Gasteiger partial charge in [-0.2, -0.15) is 0 Å². The fourth-order valence-electron chi connectivity index (χ4n) is 1.74. The van der Waals surface area contributed by atoms with E-state index >= 15 is 0 Å². The summed E-state index contributed by atoms with van der Waals surface area (Å²) in [4.78, 5) is 8.95. The number of halogens is 1. The third-order valence-corrected chi connectivity index (χ3v) is 3.65. The van der Waals surface area contributed by atoms with Gasteiger partial charge in [0.2, 0.25) is 0 Å². The molecule has 0 aromatic carbocycles. The van der Waals surface area contributed by atoms with E-state index in [1.54, 1.807) is 11.3 Å². The van der Waals surface area contributed by atoms with E-state index in [9.17, 15) is 0 Å². The van der Waals surface area contributed by atoms with Gasteiger partial charge < -0.3 is 15.4 Å². The van der Waals surface area contributed by atoms with Crippen LogP contribution in [0, 0.1) is 6.92 Å². The number of hydrogen-bond donors (Lipinski definition) is 2. The third-order valence-electron chi connectivity index (χ3n) is 2.83. The van der Waals surface area contributed by atoms with Gasteiger partial charge in [-0.15, -0.1) is 35.3 Å². The molecular weight excluding hydrogens is 411 g/mol. The maximum atomic E-state index is 5.51. The van der Waals surface area contributed by atoms with Crippen LogP contribution in [0.4, 0.5) is 0 Å². The number of hydrogen-bond acceptors (Lipinski definition) is 4. The zero-order valence-electron chi connectivity index (χ0n) is 13.9. The molecule has 1 rings (SSSR count). The third kappa shape index (κ3) is 10.3. The maximum absolute atomic E-state index is 5.51. The Morgan fingerprint density at radius 2 is 2.14 bits per heavy atom. The van der Waals surface area contributed by atoms with Crippen LogP contribution in [0.1, 0.15) is 37.4 Å². The van der Waals surface area contributed by atoms with Crippen LogP contribution in [0.2, 0.25) is 0 Å². The maximum Gasteiger partial charge on any atom is 0.191 e. The first kappa shape index (κ1) is 21.6. The molecule has 128 valence electrons. The van der Waals surface area contributed by atoms with Gasteiger partial charge in [0.05, 0.1) is 23.9 Å². The van der Waals surface area contributed by atoms with E-state index in [2.05, 4.69) is 39.8 Å². The van der Waals surface area contributed by atoms with E-state index in [0.717, 1.165) is 49.2 Å². The molecule has 0 aliphatic rings. The number of rotatable bonds is 10. The highest BCUT2D eigenvalue weighted by molar-refractivity contribution is 14.0. The van der Waals surface area contributed by atoms with Crippen LogP contribution in [0.15, 0.2) is 10.4 Å². The SMILES string of the molecule is CCCCOCCN=C(NCC)NCCc1csc(C)n1.I. The zero-order chi connectivity index (χ0) is 15.3. The van der Waals surface area contributed by atoms with Crippen LogP contribution >= 0.6 is 35.3 Å². The zero-order valence-corrected chi connectivity index (χ0v) is 17.0. The van der Waals surface area contributed by atoms with Crippen molar-refractivity contribution in [2.75, 3.05) is 32.8 Å². The van der Waals surface area contributed by atoms with Crippen molar-refractivity contribution in [1.82, 2.24) is 15.6 Å². The lowest BCUT2D eigenvalue weighted by molar-refractivity contribution is 0.139. The summed E-state index contributed by atoms with van der Waals surface area (Å²) < 4.78 is 5.51. The minimum Gasteiger partial charge on any atom is -0.380 e. The van der Waals surface area contributed by atoms with Crippen LogP contribution in [0.25, 0.3) is 0 Å². The molecule has 0 fully saturated rings. The molecule has 1 heterocycles. The predicted molar refractivity (Wildman–Crippen MR) is 106 cm³/mol. The van der Waals surface area contributed by atoms with Crippen molar-refractivity contribution in [3.05, 3.63) is 16.1 Å². The van der Waals surface area contributed by atoms with Crippen molar-refractivity contribution in [3.8, 4) is 0 Å². The number of nitrogens with one attached hydrogen (secondary N) is 2. The molecule has 0 spiro atoms. The Balaban J connectivity index is 0.00000441. The van der Waals surface area contributed by atoms with E-state index in [1.165, 1.54) is 6.42 Å². The minimum absolute atomic E-state index is 0. The van der Waals surface area contributed by atoms with Crippen molar-refractivity contribution < 1.29 is 4.74 Å². The van der Waals surface area contributed by atoms with Crippen LogP contribution in [-0.4, -0.2) is 43.8 Å². The molecule has 0 saturated heterocycles. The van der Waals surface area contributed by atoms with E-state index in [-0.39, 0.29) is 24.0 Å². The number of ether oxygens (including phenoxy) is 1. The molecule has 0 amide bonds. The first-order valence-electron chi connectivity index (χ1n) is 7.77. The molecule has 0 radical (unpaired) electrons. The first-order chi connectivity index (χ1) is 10.3. The summed E-state index contributed by atoms with van der Waals surface area (Å²) in [6.45, 7) is 10.2. The molecule has 0 bridgehead atoms. The van der Waals surface area contributed by atoms with Gasteiger partial charge in [-0.1, -0.05) is 13.3 Å². The van der Waals surface area contributed by atoms with E-state index in [1.807, 2.05) is 6.92 Å². The van der Waals surface area contributed by atoms with Crippen LogP contribution in [-0.2, 0) is 11.2 Å². The highest BCUT2D eigenvalue weighted by atomic mass is 127. The number of thiazole rings is 1. The molecule has 0 saturated carbocycles. The summed E-state index contributed by atoms with van der Waals surface area (Å²) in [6.07, 6.45) is 3.21. The number of unbranched alkanes of at least 4 members (excludes halogenated alkanes) is 1. The van der Waals surface area contributed by atoms with Gasteiger partial charge in [-0.25, -0.2) is 4.98 Å². The second-order valence-corrected chi connectivity index (χ2v) is 5.82. The Morgan fingerprint density at radius 3 is 2.77 bits per heavy atom. The van der Waals surface area contributed by atoms with Gasteiger partial charge in [0.15, 0.2) is 5.96 Å². The molecule has 0 atom stereocenters. The molecular formula is C15H29IN4OS. The number of aliphatic imine (C=N–C) groups is 1. The Hall–Kier alpha value is -0.410. The number of guanidine groups is 1. The molecule has 0 aliphatic carbocycles. The van der Waals surface area contributed by atoms with Crippen molar-refractivity contribution in [3.63, 3.8) is 0 Å². The highest BCUT2D eigenvalue weighted by Crippen LogP contribution is 2.07. The van der Waals surface area contributed by atoms with E-state index in [0.29, 0.717) is 13.2 Å². The topological polar surface area (TPSA) is 58.5 Å². The smallest absolute Gasteiger partial charge is 0.191 e. The van der Waals surface area contributed by atoms with Crippen molar-refractivity contribution in [2.45, 2.75) is 40.0 Å². The average molecular weight is 440 g/mol. The van der Waals surface area contributed by atoms with Gasteiger partial charge in [0.1, 0.15) is 0 Å². The lowest BCUT2D eigenvalue weighted by Crippen LogP contribution is -2.38. The van der Waals surface area contributed by atoms with Crippen LogP contribution < -0.4 is 10.6 Å². The number of nitrogens with zero attached hydrogens (tertiary/aromatic N) is 2. The van der Waals surface area contributed by atoms with Crippen molar-refractivity contribution >= 4 is 41.3 Å². The molecule has 0 unspecified atom stereocenters. The fraction of sp³-hybridized carbons (Fsp3) is 0.733. The predicted octanol–water partition coefficient (Wildman–Crippen LogP) is 2.98. The summed E-state index contributed by atoms with van der Waals surface area (Å²) in [5, 5.41) is 9.80.